The van der Waals surface area contributed by atoms with Crippen molar-refractivity contribution in [3.63, 3.8) is 0 Å². The number of rotatable bonds is 5. The first-order chi connectivity index (χ1) is 11.6. The van der Waals surface area contributed by atoms with Gasteiger partial charge in [-0.2, -0.15) is 4.98 Å². The number of benzene rings is 2. The first-order valence-corrected chi connectivity index (χ1v) is 8.24. The number of hydrogen-bond donors (Lipinski definition) is 2. The molecule has 2 aromatic carbocycles. The topological polar surface area (TPSA) is 49.8 Å². The SMILES string of the molecule is Cc1cc(Nc2nccc(NCc3ccc(F)cc3)n2)ccc1Br. The molecular weight excluding hydrogens is 371 g/mol. The average molecular weight is 387 g/mol. The number of aromatic nitrogens is 2. The van der Waals surface area contributed by atoms with Crippen molar-refractivity contribution in [1.29, 1.82) is 0 Å². The standard InChI is InChI=1S/C18H16BrFN4/c1-12-10-15(6-7-16(12)19)23-18-21-9-8-17(24-18)22-11-13-2-4-14(20)5-3-13/h2-10H,11H2,1H3,(H2,21,22,23,24). The van der Waals surface area contributed by atoms with Crippen LogP contribution < -0.4 is 10.6 Å². The van der Waals surface area contributed by atoms with E-state index in [2.05, 4.69) is 36.5 Å². The third kappa shape index (κ3) is 4.29. The van der Waals surface area contributed by atoms with Crippen molar-refractivity contribution in [3.8, 4) is 0 Å². The van der Waals surface area contributed by atoms with Crippen molar-refractivity contribution < 1.29 is 4.39 Å². The van der Waals surface area contributed by atoms with Gasteiger partial charge in [0, 0.05) is 22.9 Å². The van der Waals surface area contributed by atoms with E-state index >= 15 is 0 Å². The second kappa shape index (κ2) is 7.40. The fourth-order valence-corrected chi connectivity index (χ4v) is 2.41. The van der Waals surface area contributed by atoms with Crippen LogP contribution in [0.2, 0.25) is 0 Å². The molecule has 0 fully saturated rings. The Morgan fingerprint density at radius 2 is 1.88 bits per heavy atom. The molecule has 0 aliphatic carbocycles. The summed E-state index contributed by atoms with van der Waals surface area (Å²) in [6.45, 7) is 2.59. The molecule has 0 saturated heterocycles. The summed E-state index contributed by atoms with van der Waals surface area (Å²) in [7, 11) is 0. The average Bonchev–Trinajstić information content (AvgIpc) is 2.58. The van der Waals surface area contributed by atoms with Gasteiger partial charge >= 0.3 is 0 Å². The molecule has 0 atom stereocenters. The quantitative estimate of drug-likeness (QED) is 0.644. The van der Waals surface area contributed by atoms with Gasteiger partial charge in [0.25, 0.3) is 0 Å². The first-order valence-electron chi connectivity index (χ1n) is 7.45. The summed E-state index contributed by atoms with van der Waals surface area (Å²) in [6, 6.07) is 14.1. The molecule has 3 rings (SSSR count). The van der Waals surface area contributed by atoms with Crippen molar-refractivity contribution in [2.75, 3.05) is 10.6 Å². The highest BCUT2D eigenvalue weighted by atomic mass is 79.9. The molecule has 1 heterocycles. The molecule has 0 aliphatic rings. The van der Waals surface area contributed by atoms with Gasteiger partial charge in [-0.05, 0) is 54.4 Å². The highest BCUT2D eigenvalue weighted by molar-refractivity contribution is 9.10. The van der Waals surface area contributed by atoms with Crippen LogP contribution in [0.3, 0.4) is 0 Å². The Morgan fingerprint density at radius 1 is 1.08 bits per heavy atom. The largest absolute Gasteiger partial charge is 0.366 e. The maximum Gasteiger partial charge on any atom is 0.229 e. The zero-order valence-electron chi connectivity index (χ0n) is 13.1. The molecule has 0 amide bonds. The summed E-state index contributed by atoms with van der Waals surface area (Å²) >= 11 is 3.48. The van der Waals surface area contributed by atoms with E-state index in [9.17, 15) is 4.39 Å². The minimum absolute atomic E-state index is 0.239. The molecule has 0 spiro atoms. The zero-order valence-corrected chi connectivity index (χ0v) is 14.6. The fourth-order valence-electron chi connectivity index (χ4n) is 2.16. The van der Waals surface area contributed by atoms with Gasteiger partial charge in [-0.15, -0.1) is 0 Å². The van der Waals surface area contributed by atoms with Gasteiger partial charge in [-0.25, -0.2) is 9.37 Å². The predicted molar refractivity (Wildman–Crippen MR) is 97.9 cm³/mol. The molecule has 0 radical (unpaired) electrons. The van der Waals surface area contributed by atoms with E-state index in [1.165, 1.54) is 12.1 Å². The molecular formula is C18H16BrFN4. The Balaban J connectivity index is 1.67. The normalized spacial score (nSPS) is 10.5. The molecule has 0 saturated carbocycles. The van der Waals surface area contributed by atoms with Gasteiger partial charge in [0.1, 0.15) is 11.6 Å². The molecule has 0 aliphatic heterocycles. The number of hydrogen-bond acceptors (Lipinski definition) is 4. The van der Waals surface area contributed by atoms with Crippen molar-refractivity contribution in [1.82, 2.24) is 9.97 Å². The minimum Gasteiger partial charge on any atom is -0.366 e. The number of halogens is 2. The highest BCUT2D eigenvalue weighted by Gasteiger charge is 2.02. The summed E-state index contributed by atoms with van der Waals surface area (Å²) < 4.78 is 14.0. The summed E-state index contributed by atoms with van der Waals surface area (Å²) in [5, 5.41) is 6.39. The first kappa shape index (κ1) is 16.4. The monoisotopic (exact) mass is 386 g/mol. The Morgan fingerprint density at radius 3 is 2.62 bits per heavy atom. The fraction of sp³-hybridized carbons (Fsp3) is 0.111. The van der Waals surface area contributed by atoms with Crippen LogP contribution in [0.15, 0.2) is 59.2 Å². The van der Waals surface area contributed by atoms with E-state index in [1.807, 2.05) is 25.1 Å². The maximum atomic E-state index is 12.9. The third-order valence-corrected chi connectivity index (χ3v) is 4.35. The van der Waals surface area contributed by atoms with Gasteiger partial charge in [0.15, 0.2) is 0 Å². The van der Waals surface area contributed by atoms with Crippen LogP contribution in [0.4, 0.5) is 21.8 Å². The lowest BCUT2D eigenvalue weighted by Crippen LogP contribution is -2.04. The van der Waals surface area contributed by atoms with Gasteiger partial charge in [0.05, 0.1) is 0 Å². The van der Waals surface area contributed by atoms with Gasteiger partial charge in [-0.1, -0.05) is 28.1 Å². The predicted octanol–water partition coefficient (Wildman–Crippen LogP) is 5.04. The van der Waals surface area contributed by atoms with E-state index in [0.29, 0.717) is 18.3 Å². The number of aryl methyl sites for hydroxylation is 1. The van der Waals surface area contributed by atoms with Crippen molar-refractivity contribution in [2.24, 2.45) is 0 Å². The van der Waals surface area contributed by atoms with Crippen LogP contribution in [-0.2, 0) is 6.54 Å². The lowest BCUT2D eigenvalue weighted by atomic mass is 10.2. The lowest BCUT2D eigenvalue weighted by molar-refractivity contribution is 0.627. The minimum atomic E-state index is -0.239. The van der Waals surface area contributed by atoms with Gasteiger partial charge in [0.2, 0.25) is 5.95 Å². The second-order valence-electron chi connectivity index (χ2n) is 5.33. The summed E-state index contributed by atoms with van der Waals surface area (Å²) in [6.07, 6.45) is 1.69. The molecule has 2 N–H and O–H groups in total. The van der Waals surface area contributed by atoms with Gasteiger partial charge in [-0.3, -0.25) is 0 Å². The molecule has 24 heavy (non-hydrogen) atoms. The van der Waals surface area contributed by atoms with Crippen LogP contribution in [0.1, 0.15) is 11.1 Å². The van der Waals surface area contributed by atoms with Crippen LogP contribution >= 0.6 is 15.9 Å². The van der Waals surface area contributed by atoms with Crippen LogP contribution in [0, 0.1) is 12.7 Å². The molecule has 0 unspecified atom stereocenters. The Kier molecular flexibility index (Phi) is 5.05. The summed E-state index contributed by atoms with van der Waals surface area (Å²) in [5.41, 5.74) is 3.03. The number of anilines is 3. The third-order valence-electron chi connectivity index (χ3n) is 3.46. The Bertz CT molecular complexity index is 837. The van der Waals surface area contributed by atoms with E-state index < -0.39 is 0 Å². The van der Waals surface area contributed by atoms with E-state index in [4.69, 9.17) is 0 Å². The van der Waals surface area contributed by atoms with E-state index in [-0.39, 0.29) is 5.82 Å². The zero-order chi connectivity index (χ0) is 16.9. The van der Waals surface area contributed by atoms with Crippen molar-refractivity contribution >= 4 is 33.4 Å². The van der Waals surface area contributed by atoms with Gasteiger partial charge < -0.3 is 10.6 Å². The molecule has 3 aromatic rings. The Hall–Kier alpha value is -2.47. The van der Waals surface area contributed by atoms with E-state index in [1.54, 1.807) is 24.4 Å². The smallest absolute Gasteiger partial charge is 0.229 e. The van der Waals surface area contributed by atoms with Crippen molar-refractivity contribution in [3.05, 3.63) is 76.1 Å². The second-order valence-corrected chi connectivity index (χ2v) is 6.19. The maximum absolute atomic E-state index is 12.9. The highest BCUT2D eigenvalue weighted by Crippen LogP contribution is 2.22. The van der Waals surface area contributed by atoms with Crippen LogP contribution in [0.25, 0.3) is 0 Å². The molecule has 4 nitrogen and oxygen atoms in total. The molecule has 6 heteroatoms. The molecule has 1 aromatic heterocycles. The summed E-state index contributed by atoms with van der Waals surface area (Å²) in [5.74, 6) is 0.976. The number of nitrogens with one attached hydrogen (secondary N) is 2. The molecule has 122 valence electrons. The van der Waals surface area contributed by atoms with Crippen LogP contribution in [0.5, 0.6) is 0 Å². The Labute approximate surface area is 148 Å². The number of nitrogens with zero attached hydrogens (tertiary/aromatic N) is 2. The van der Waals surface area contributed by atoms with Crippen LogP contribution in [-0.4, -0.2) is 9.97 Å². The molecule has 0 bridgehead atoms. The lowest BCUT2D eigenvalue weighted by Gasteiger charge is -2.09. The summed E-state index contributed by atoms with van der Waals surface area (Å²) in [4.78, 5) is 8.66. The van der Waals surface area contributed by atoms with Crippen molar-refractivity contribution in [2.45, 2.75) is 13.5 Å². The van der Waals surface area contributed by atoms with E-state index in [0.717, 1.165) is 21.3 Å².